The van der Waals surface area contributed by atoms with Gasteiger partial charge in [-0.25, -0.2) is 8.42 Å². The third kappa shape index (κ3) is 4.57. The number of hydrogen-bond donors (Lipinski definition) is 1. The van der Waals surface area contributed by atoms with Crippen LogP contribution in [-0.4, -0.2) is 31.7 Å². The quantitative estimate of drug-likeness (QED) is 0.856. The van der Waals surface area contributed by atoms with Crippen LogP contribution in [0.3, 0.4) is 0 Å². The zero-order chi connectivity index (χ0) is 19.4. The Balaban J connectivity index is 1.79. The highest BCUT2D eigenvalue weighted by molar-refractivity contribution is 7.89. The van der Waals surface area contributed by atoms with E-state index < -0.39 is 10.0 Å². The lowest BCUT2D eigenvalue weighted by Gasteiger charge is -2.26. The average Bonchev–Trinajstić information content (AvgIpc) is 2.67. The van der Waals surface area contributed by atoms with E-state index in [0.29, 0.717) is 30.8 Å². The van der Waals surface area contributed by atoms with Gasteiger partial charge in [0.2, 0.25) is 10.0 Å². The molecule has 1 amide bonds. The number of carbonyl (C=O) groups is 1. The summed E-state index contributed by atoms with van der Waals surface area (Å²) >= 11 is 0. The third-order valence-corrected chi connectivity index (χ3v) is 6.96. The van der Waals surface area contributed by atoms with Crippen molar-refractivity contribution >= 4 is 15.9 Å². The first-order valence-corrected chi connectivity index (χ1v) is 10.8. The molecule has 1 heterocycles. The van der Waals surface area contributed by atoms with Crippen LogP contribution in [0, 0.1) is 13.8 Å². The standard InChI is InChI=1S/C21H26N2O3S/c1-16-7-6-8-18(13-16)15-22-21(24)19-10-9-17(2)20(14-19)27(25,26)23-11-4-3-5-12-23/h6-10,13-14H,3-5,11-12,15H2,1-2H3,(H,22,24). The van der Waals surface area contributed by atoms with Crippen LogP contribution in [-0.2, 0) is 16.6 Å². The fraction of sp³-hybridized carbons (Fsp3) is 0.381. The fourth-order valence-corrected chi connectivity index (χ4v) is 5.14. The van der Waals surface area contributed by atoms with E-state index in [4.69, 9.17) is 0 Å². The van der Waals surface area contributed by atoms with E-state index in [-0.39, 0.29) is 10.8 Å². The van der Waals surface area contributed by atoms with E-state index in [9.17, 15) is 13.2 Å². The van der Waals surface area contributed by atoms with E-state index >= 15 is 0 Å². The topological polar surface area (TPSA) is 66.5 Å². The number of carbonyl (C=O) groups excluding carboxylic acids is 1. The molecule has 27 heavy (non-hydrogen) atoms. The first-order chi connectivity index (χ1) is 12.9. The molecule has 1 aliphatic heterocycles. The maximum absolute atomic E-state index is 13.0. The highest BCUT2D eigenvalue weighted by atomic mass is 32.2. The number of nitrogens with one attached hydrogen (secondary N) is 1. The van der Waals surface area contributed by atoms with Crippen LogP contribution in [0.15, 0.2) is 47.4 Å². The number of amides is 1. The maximum Gasteiger partial charge on any atom is 0.251 e. The Morgan fingerprint density at radius 1 is 1.04 bits per heavy atom. The van der Waals surface area contributed by atoms with E-state index in [1.165, 1.54) is 10.4 Å². The zero-order valence-corrected chi connectivity index (χ0v) is 16.7. The van der Waals surface area contributed by atoms with Gasteiger partial charge in [-0.2, -0.15) is 4.31 Å². The van der Waals surface area contributed by atoms with Gasteiger partial charge in [0.15, 0.2) is 0 Å². The molecule has 1 fully saturated rings. The van der Waals surface area contributed by atoms with Gasteiger partial charge in [-0.15, -0.1) is 0 Å². The zero-order valence-electron chi connectivity index (χ0n) is 15.9. The highest BCUT2D eigenvalue weighted by Crippen LogP contribution is 2.24. The van der Waals surface area contributed by atoms with Crippen molar-refractivity contribution in [3.05, 3.63) is 64.7 Å². The van der Waals surface area contributed by atoms with Gasteiger partial charge in [0.05, 0.1) is 4.90 Å². The fourth-order valence-electron chi connectivity index (χ4n) is 3.37. The lowest BCUT2D eigenvalue weighted by molar-refractivity contribution is 0.0950. The summed E-state index contributed by atoms with van der Waals surface area (Å²) in [6.07, 6.45) is 2.83. The Bertz CT molecular complexity index is 932. The smallest absolute Gasteiger partial charge is 0.251 e. The number of rotatable bonds is 5. The van der Waals surface area contributed by atoms with Gasteiger partial charge < -0.3 is 5.32 Å². The summed E-state index contributed by atoms with van der Waals surface area (Å²) in [5, 5.41) is 2.87. The molecule has 2 aromatic carbocycles. The van der Waals surface area contributed by atoms with Crippen molar-refractivity contribution in [3.8, 4) is 0 Å². The minimum absolute atomic E-state index is 0.229. The predicted molar refractivity (Wildman–Crippen MR) is 106 cm³/mol. The summed E-state index contributed by atoms with van der Waals surface area (Å²) < 4.78 is 27.5. The molecular formula is C21H26N2O3S. The van der Waals surface area contributed by atoms with Crippen LogP contribution < -0.4 is 5.32 Å². The molecule has 0 aliphatic carbocycles. The van der Waals surface area contributed by atoms with Crippen molar-refractivity contribution in [1.29, 1.82) is 0 Å². The van der Waals surface area contributed by atoms with Gasteiger partial charge in [-0.1, -0.05) is 42.3 Å². The number of piperidine rings is 1. The molecule has 144 valence electrons. The van der Waals surface area contributed by atoms with Crippen molar-refractivity contribution in [2.24, 2.45) is 0 Å². The van der Waals surface area contributed by atoms with Gasteiger partial charge in [-0.3, -0.25) is 4.79 Å². The van der Waals surface area contributed by atoms with Gasteiger partial charge in [-0.05, 0) is 49.9 Å². The molecule has 6 heteroatoms. The molecule has 0 spiro atoms. The summed E-state index contributed by atoms with van der Waals surface area (Å²) in [4.78, 5) is 12.8. The average molecular weight is 387 g/mol. The number of sulfonamides is 1. The van der Waals surface area contributed by atoms with Crippen LogP contribution in [0.2, 0.25) is 0 Å². The van der Waals surface area contributed by atoms with Crippen molar-refractivity contribution in [1.82, 2.24) is 9.62 Å². The predicted octanol–water partition coefficient (Wildman–Crippen LogP) is 3.41. The van der Waals surface area contributed by atoms with Crippen molar-refractivity contribution in [2.75, 3.05) is 13.1 Å². The van der Waals surface area contributed by atoms with Gasteiger partial charge in [0.25, 0.3) is 5.91 Å². The largest absolute Gasteiger partial charge is 0.348 e. The van der Waals surface area contributed by atoms with Gasteiger partial charge in [0.1, 0.15) is 0 Å². The monoisotopic (exact) mass is 386 g/mol. The number of hydrogen-bond acceptors (Lipinski definition) is 3. The number of aryl methyl sites for hydroxylation is 2. The van der Waals surface area contributed by atoms with Gasteiger partial charge >= 0.3 is 0 Å². The molecule has 1 saturated heterocycles. The van der Waals surface area contributed by atoms with Crippen molar-refractivity contribution in [2.45, 2.75) is 44.6 Å². The Labute approximate surface area is 161 Å². The number of nitrogens with zero attached hydrogens (tertiary/aromatic N) is 1. The van der Waals surface area contributed by atoms with Crippen LogP contribution >= 0.6 is 0 Å². The Morgan fingerprint density at radius 3 is 2.48 bits per heavy atom. The molecule has 1 N–H and O–H groups in total. The molecule has 0 bridgehead atoms. The summed E-state index contributed by atoms with van der Waals surface area (Å²) in [6, 6.07) is 12.8. The highest BCUT2D eigenvalue weighted by Gasteiger charge is 2.28. The van der Waals surface area contributed by atoms with Crippen LogP contribution in [0.25, 0.3) is 0 Å². The Hall–Kier alpha value is -2.18. The summed E-state index contributed by atoms with van der Waals surface area (Å²) in [5.74, 6) is -0.272. The first-order valence-electron chi connectivity index (χ1n) is 9.32. The summed E-state index contributed by atoms with van der Waals surface area (Å²) in [6.45, 7) is 5.27. The van der Waals surface area contributed by atoms with E-state index in [2.05, 4.69) is 5.32 Å². The molecule has 0 saturated carbocycles. The molecule has 0 aromatic heterocycles. The first kappa shape index (κ1) is 19.6. The van der Waals surface area contributed by atoms with Crippen molar-refractivity contribution in [3.63, 3.8) is 0 Å². The van der Waals surface area contributed by atoms with Gasteiger partial charge in [0, 0.05) is 25.2 Å². The van der Waals surface area contributed by atoms with Crippen LogP contribution in [0.1, 0.15) is 46.3 Å². The maximum atomic E-state index is 13.0. The second-order valence-electron chi connectivity index (χ2n) is 7.12. The third-order valence-electron chi connectivity index (χ3n) is 4.92. The molecular weight excluding hydrogens is 360 g/mol. The second kappa shape index (κ2) is 8.23. The Morgan fingerprint density at radius 2 is 1.78 bits per heavy atom. The van der Waals surface area contributed by atoms with E-state index in [0.717, 1.165) is 30.4 Å². The second-order valence-corrected chi connectivity index (χ2v) is 9.02. The minimum Gasteiger partial charge on any atom is -0.348 e. The van der Waals surface area contributed by atoms with Crippen LogP contribution in [0.4, 0.5) is 0 Å². The lowest BCUT2D eigenvalue weighted by Crippen LogP contribution is -2.36. The minimum atomic E-state index is -3.57. The Kier molecular flexibility index (Phi) is 5.97. The lowest BCUT2D eigenvalue weighted by atomic mass is 10.1. The van der Waals surface area contributed by atoms with E-state index in [1.54, 1.807) is 19.1 Å². The van der Waals surface area contributed by atoms with E-state index in [1.807, 2.05) is 31.2 Å². The molecule has 1 aliphatic rings. The number of benzene rings is 2. The SMILES string of the molecule is Cc1cccc(CNC(=O)c2ccc(C)c(S(=O)(=O)N3CCCCC3)c2)c1. The molecule has 2 aromatic rings. The summed E-state index contributed by atoms with van der Waals surface area (Å²) in [7, 11) is -3.57. The molecule has 0 radical (unpaired) electrons. The molecule has 5 nitrogen and oxygen atoms in total. The van der Waals surface area contributed by atoms with Crippen LogP contribution in [0.5, 0.6) is 0 Å². The molecule has 0 atom stereocenters. The normalized spacial score (nSPS) is 15.5. The molecule has 0 unspecified atom stereocenters. The summed E-state index contributed by atoms with van der Waals surface area (Å²) in [5.41, 5.74) is 3.17. The van der Waals surface area contributed by atoms with Crippen molar-refractivity contribution < 1.29 is 13.2 Å². The molecule has 3 rings (SSSR count).